The Morgan fingerprint density at radius 1 is 1.31 bits per heavy atom. The molecule has 0 spiro atoms. The number of fused-ring (bicyclic) bond motifs is 1. The molecule has 1 saturated carbocycles. The smallest absolute Gasteiger partial charge is 0.326 e. The fraction of sp³-hybridized carbons (Fsp3) is 0.368. The zero-order chi connectivity index (χ0) is 18.1. The number of H-pyrrole nitrogens is 1. The molecule has 136 valence electrons. The van der Waals surface area contributed by atoms with Crippen LogP contribution in [0.3, 0.4) is 0 Å². The predicted octanol–water partition coefficient (Wildman–Crippen LogP) is 2.41. The first-order valence-electron chi connectivity index (χ1n) is 8.80. The van der Waals surface area contributed by atoms with E-state index < -0.39 is 0 Å². The number of hydrogen-bond donors (Lipinski definition) is 3. The zero-order valence-corrected chi connectivity index (χ0v) is 15.0. The van der Waals surface area contributed by atoms with Crippen molar-refractivity contribution in [2.45, 2.75) is 38.0 Å². The molecule has 1 aliphatic carbocycles. The van der Waals surface area contributed by atoms with Gasteiger partial charge in [-0.3, -0.25) is 9.36 Å². The monoisotopic (exact) mass is 371 g/mol. The number of amides is 1. The maximum Gasteiger partial charge on any atom is 0.326 e. The van der Waals surface area contributed by atoms with E-state index in [2.05, 4.69) is 10.3 Å². The van der Waals surface area contributed by atoms with Crippen LogP contribution in [0.15, 0.2) is 46.6 Å². The molecular formula is C19H21N3O3S. The van der Waals surface area contributed by atoms with Crippen LogP contribution in [-0.2, 0) is 11.3 Å². The molecule has 7 heteroatoms. The van der Waals surface area contributed by atoms with Gasteiger partial charge in [0.2, 0.25) is 5.91 Å². The molecule has 3 aromatic rings. The summed E-state index contributed by atoms with van der Waals surface area (Å²) >= 11 is 1.62. The minimum atomic E-state index is -0.260. The number of thiophene rings is 1. The van der Waals surface area contributed by atoms with Crippen LogP contribution in [0.2, 0.25) is 0 Å². The second kappa shape index (κ2) is 7.09. The summed E-state index contributed by atoms with van der Waals surface area (Å²) < 4.78 is 1.60. The van der Waals surface area contributed by atoms with Crippen LogP contribution in [0.4, 0.5) is 0 Å². The quantitative estimate of drug-likeness (QED) is 0.622. The molecule has 4 rings (SSSR count). The molecule has 1 fully saturated rings. The highest BCUT2D eigenvalue weighted by Gasteiger charge is 2.36. The summed E-state index contributed by atoms with van der Waals surface area (Å²) in [5.74, 6) is 0.186. The molecule has 6 nitrogen and oxygen atoms in total. The SMILES string of the molecule is O=C(CCn1c(=O)[nH]c2ccccc21)N[C@@H](c1cccs1)C1CC(O)C1. The molecule has 3 N–H and O–H groups in total. The fourth-order valence-corrected chi connectivity index (χ4v) is 4.45. The van der Waals surface area contributed by atoms with E-state index in [1.54, 1.807) is 15.9 Å². The Balaban J connectivity index is 1.44. The van der Waals surface area contributed by atoms with Gasteiger partial charge in [-0.15, -0.1) is 11.3 Å². The minimum absolute atomic E-state index is 0.0643. The summed E-state index contributed by atoms with van der Waals surface area (Å²) in [6, 6.07) is 11.4. The highest BCUT2D eigenvalue weighted by molar-refractivity contribution is 7.10. The lowest BCUT2D eigenvalue weighted by molar-refractivity contribution is -0.123. The Morgan fingerprint density at radius 2 is 2.12 bits per heavy atom. The zero-order valence-electron chi connectivity index (χ0n) is 14.2. The highest BCUT2D eigenvalue weighted by Crippen LogP contribution is 2.39. The van der Waals surface area contributed by atoms with E-state index in [0.29, 0.717) is 19.4 Å². The van der Waals surface area contributed by atoms with Crippen molar-refractivity contribution < 1.29 is 9.90 Å². The standard InChI is InChI=1S/C19H21N3O3S/c23-13-10-12(11-13)18(16-6-3-9-26-16)21-17(24)7-8-22-15-5-2-1-4-14(15)20-19(22)25/h1-6,9,12-13,18,23H,7-8,10-11H2,(H,20,25)(H,21,24)/t12?,13?,18-/m1/s1. The Morgan fingerprint density at radius 3 is 2.85 bits per heavy atom. The molecule has 1 atom stereocenters. The number of imidazole rings is 1. The van der Waals surface area contributed by atoms with Crippen LogP contribution in [0.1, 0.15) is 30.2 Å². The van der Waals surface area contributed by atoms with Crippen molar-refractivity contribution in [1.29, 1.82) is 0 Å². The maximum absolute atomic E-state index is 12.5. The van der Waals surface area contributed by atoms with Crippen molar-refractivity contribution in [1.82, 2.24) is 14.9 Å². The molecule has 1 aliphatic rings. The summed E-state index contributed by atoms with van der Waals surface area (Å²) in [7, 11) is 0. The van der Waals surface area contributed by atoms with Crippen LogP contribution >= 0.6 is 11.3 Å². The van der Waals surface area contributed by atoms with Crippen molar-refractivity contribution in [3.05, 3.63) is 57.1 Å². The molecule has 0 unspecified atom stereocenters. The number of nitrogens with one attached hydrogen (secondary N) is 2. The lowest BCUT2D eigenvalue weighted by Crippen LogP contribution is -2.41. The van der Waals surface area contributed by atoms with Crippen molar-refractivity contribution >= 4 is 28.3 Å². The Hall–Kier alpha value is -2.38. The van der Waals surface area contributed by atoms with Crippen molar-refractivity contribution in [2.24, 2.45) is 5.92 Å². The van der Waals surface area contributed by atoms with Crippen molar-refractivity contribution in [2.75, 3.05) is 0 Å². The topological polar surface area (TPSA) is 87.1 Å². The average Bonchev–Trinajstić information content (AvgIpc) is 3.23. The van der Waals surface area contributed by atoms with Crippen LogP contribution in [0.25, 0.3) is 11.0 Å². The van der Waals surface area contributed by atoms with Gasteiger partial charge in [0.05, 0.1) is 23.2 Å². The summed E-state index contributed by atoms with van der Waals surface area (Å²) in [4.78, 5) is 28.5. The first-order valence-corrected chi connectivity index (χ1v) is 9.68. The van der Waals surface area contributed by atoms with E-state index in [4.69, 9.17) is 0 Å². The lowest BCUT2D eigenvalue weighted by Gasteiger charge is -2.37. The lowest BCUT2D eigenvalue weighted by atomic mass is 9.76. The summed E-state index contributed by atoms with van der Waals surface area (Å²) in [6.45, 7) is 0.332. The first-order chi connectivity index (χ1) is 12.6. The van der Waals surface area contributed by atoms with Gasteiger partial charge in [-0.1, -0.05) is 18.2 Å². The third kappa shape index (κ3) is 3.32. The Kier molecular flexibility index (Phi) is 4.65. The number of carbonyl (C=O) groups excluding carboxylic acids is 1. The number of para-hydroxylation sites is 2. The maximum atomic E-state index is 12.5. The van der Waals surface area contributed by atoms with E-state index in [-0.39, 0.29) is 36.1 Å². The molecule has 0 aliphatic heterocycles. The first kappa shape index (κ1) is 17.1. The molecule has 0 bridgehead atoms. The van der Waals surface area contributed by atoms with Gasteiger partial charge in [0.15, 0.2) is 0 Å². The third-order valence-corrected chi connectivity index (χ3v) is 5.99. The van der Waals surface area contributed by atoms with Crippen molar-refractivity contribution in [3.8, 4) is 0 Å². The third-order valence-electron chi connectivity index (χ3n) is 5.03. The number of carbonyl (C=O) groups is 1. The second-order valence-corrected chi connectivity index (χ2v) is 7.77. The van der Waals surface area contributed by atoms with Gasteiger partial charge in [0.25, 0.3) is 0 Å². The average molecular weight is 371 g/mol. The number of aromatic amines is 1. The van der Waals surface area contributed by atoms with Crippen LogP contribution in [-0.4, -0.2) is 26.7 Å². The summed E-state index contributed by atoms with van der Waals surface area (Å²) in [5.41, 5.74) is 1.39. The minimum Gasteiger partial charge on any atom is -0.393 e. The number of aliphatic hydroxyl groups is 1. The number of benzene rings is 1. The largest absolute Gasteiger partial charge is 0.393 e. The van der Waals surface area contributed by atoms with Crippen LogP contribution < -0.4 is 11.0 Å². The second-order valence-electron chi connectivity index (χ2n) is 6.79. The molecule has 2 aromatic heterocycles. The molecule has 26 heavy (non-hydrogen) atoms. The van der Waals surface area contributed by atoms with E-state index in [1.807, 2.05) is 41.8 Å². The number of hydrogen-bond acceptors (Lipinski definition) is 4. The van der Waals surface area contributed by atoms with Crippen LogP contribution in [0, 0.1) is 5.92 Å². The van der Waals surface area contributed by atoms with Crippen molar-refractivity contribution in [3.63, 3.8) is 0 Å². The van der Waals surface area contributed by atoms with Crippen LogP contribution in [0.5, 0.6) is 0 Å². The highest BCUT2D eigenvalue weighted by atomic mass is 32.1. The van der Waals surface area contributed by atoms with Gasteiger partial charge >= 0.3 is 5.69 Å². The molecule has 0 saturated heterocycles. The molecule has 0 radical (unpaired) electrons. The number of aryl methyl sites for hydroxylation is 1. The Labute approximate surface area is 154 Å². The molecular weight excluding hydrogens is 350 g/mol. The summed E-state index contributed by atoms with van der Waals surface area (Å²) in [6.07, 6.45) is 1.40. The number of nitrogens with zero attached hydrogens (tertiary/aromatic N) is 1. The fourth-order valence-electron chi connectivity index (χ4n) is 3.58. The number of aliphatic hydroxyl groups excluding tert-OH is 1. The number of rotatable bonds is 6. The van der Waals surface area contributed by atoms with E-state index in [9.17, 15) is 14.7 Å². The molecule has 1 amide bonds. The normalized spacial score (nSPS) is 20.7. The molecule has 2 heterocycles. The van der Waals surface area contributed by atoms with Gasteiger partial charge in [0, 0.05) is 17.8 Å². The molecule has 1 aromatic carbocycles. The van der Waals surface area contributed by atoms with Gasteiger partial charge in [-0.05, 0) is 42.3 Å². The van der Waals surface area contributed by atoms with Gasteiger partial charge in [-0.2, -0.15) is 0 Å². The van der Waals surface area contributed by atoms with E-state index in [0.717, 1.165) is 15.9 Å². The van der Waals surface area contributed by atoms with Gasteiger partial charge < -0.3 is 15.4 Å². The van der Waals surface area contributed by atoms with E-state index in [1.165, 1.54) is 0 Å². The summed E-state index contributed by atoms with van der Waals surface area (Å²) in [5, 5.41) is 14.7. The van der Waals surface area contributed by atoms with E-state index >= 15 is 0 Å². The Bertz CT molecular complexity index is 954. The van der Waals surface area contributed by atoms with Gasteiger partial charge in [-0.25, -0.2) is 4.79 Å². The van der Waals surface area contributed by atoms with Gasteiger partial charge in [0.1, 0.15) is 0 Å². The number of aromatic nitrogens is 2. The predicted molar refractivity (Wildman–Crippen MR) is 101 cm³/mol.